The van der Waals surface area contributed by atoms with E-state index in [1.807, 2.05) is 12.1 Å². The molecule has 1 unspecified atom stereocenters. The second-order valence-electron chi connectivity index (χ2n) is 5.65. The van der Waals surface area contributed by atoms with Crippen LogP contribution in [0.4, 0.5) is 20.2 Å². The van der Waals surface area contributed by atoms with Crippen LogP contribution in [-0.4, -0.2) is 24.0 Å². The number of anilines is 1. The molecule has 0 saturated heterocycles. The van der Waals surface area contributed by atoms with Crippen molar-refractivity contribution in [3.05, 3.63) is 69.3 Å². The maximum Gasteiger partial charge on any atom is 0.328 e. The van der Waals surface area contributed by atoms with Gasteiger partial charge in [0.15, 0.2) is 11.6 Å². The van der Waals surface area contributed by atoms with Crippen molar-refractivity contribution in [2.75, 3.05) is 12.0 Å². The molecule has 0 radical (unpaired) electrons. The first-order chi connectivity index (χ1) is 11.9. The number of halogens is 2. The Hall–Kier alpha value is -3.03. The molecule has 8 heteroatoms. The van der Waals surface area contributed by atoms with E-state index in [0.29, 0.717) is 12.1 Å². The zero-order valence-corrected chi connectivity index (χ0v) is 13.2. The van der Waals surface area contributed by atoms with Gasteiger partial charge in [0.25, 0.3) is 5.69 Å². The van der Waals surface area contributed by atoms with Gasteiger partial charge in [-0.3, -0.25) is 10.1 Å². The summed E-state index contributed by atoms with van der Waals surface area (Å²) in [4.78, 5) is 23.3. The third kappa shape index (κ3) is 3.02. The summed E-state index contributed by atoms with van der Waals surface area (Å²) in [6.45, 7) is 0.0849. The first kappa shape index (κ1) is 16.8. The van der Waals surface area contributed by atoms with Crippen LogP contribution < -0.4 is 4.90 Å². The van der Waals surface area contributed by atoms with Crippen LogP contribution in [0.3, 0.4) is 0 Å². The Balaban J connectivity index is 2.10. The number of benzene rings is 2. The van der Waals surface area contributed by atoms with E-state index in [2.05, 4.69) is 0 Å². The number of nitro benzene ring substituents is 1. The number of carbonyl (C=O) groups is 1. The van der Waals surface area contributed by atoms with E-state index >= 15 is 0 Å². The fraction of sp³-hybridized carbons (Fsp3) is 0.235. The maximum atomic E-state index is 14.4. The summed E-state index contributed by atoms with van der Waals surface area (Å²) in [5, 5.41) is 10.8. The Morgan fingerprint density at radius 3 is 2.40 bits per heavy atom. The highest BCUT2D eigenvalue weighted by molar-refractivity contribution is 5.81. The molecule has 1 aliphatic rings. The summed E-state index contributed by atoms with van der Waals surface area (Å²) in [7, 11) is 1.20. The molecule has 0 saturated carbocycles. The number of nitrogens with zero attached hydrogens (tertiary/aromatic N) is 2. The summed E-state index contributed by atoms with van der Waals surface area (Å²) in [5.41, 5.74) is 0.540. The van der Waals surface area contributed by atoms with Gasteiger partial charge in [-0.2, -0.15) is 0 Å². The number of rotatable bonds is 3. The molecule has 3 rings (SSSR count). The molecular weight excluding hydrogens is 334 g/mol. The minimum absolute atomic E-state index is 0.0849. The van der Waals surface area contributed by atoms with E-state index < -0.39 is 39.9 Å². The number of methoxy groups -OCH3 is 1. The molecule has 130 valence electrons. The lowest BCUT2D eigenvalue weighted by atomic mass is 9.93. The Bertz CT molecular complexity index is 833. The van der Waals surface area contributed by atoms with Crippen LogP contribution in [0.15, 0.2) is 36.4 Å². The van der Waals surface area contributed by atoms with Crippen molar-refractivity contribution in [2.45, 2.75) is 19.0 Å². The van der Waals surface area contributed by atoms with Crippen LogP contribution in [0, 0.1) is 21.7 Å². The second kappa shape index (κ2) is 6.46. The first-order valence-corrected chi connectivity index (χ1v) is 7.47. The molecule has 0 N–H and O–H groups in total. The lowest BCUT2D eigenvalue weighted by molar-refractivity contribution is -0.385. The van der Waals surface area contributed by atoms with Gasteiger partial charge in [-0.05, 0) is 11.1 Å². The van der Waals surface area contributed by atoms with E-state index in [-0.39, 0.29) is 13.0 Å². The van der Waals surface area contributed by atoms with Crippen LogP contribution >= 0.6 is 0 Å². The van der Waals surface area contributed by atoms with E-state index in [1.165, 1.54) is 12.0 Å². The van der Waals surface area contributed by atoms with Gasteiger partial charge in [-0.15, -0.1) is 0 Å². The molecular formula is C17H14F2N2O4. The highest BCUT2D eigenvalue weighted by Crippen LogP contribution is 2.34. The van der Waals surface area contributed by atoms with Gasteiger partial charge in [0.1, 0.15) is 11.7 Å². The normalized spacial score (nSPS) is 16.3. The Labute approximate surface area is 141 Å². The standard InChI is InChI=1S/C17H14F2N2O4/c1-25-17(22)15-6-10-4-2-3-5-11(10)9-20(15)16-13(18)7-12(21(23)24)8-14(16)19/h2-5,7-8,15H,6,9H2,1H3. The fourth-order valence-electron chi connectivity index (χ4n) is 3.04. The zero-order valence-electron chi connectivity index (χ0n) is 13.2. The number of nitro groups is 1. The number of hydrogen-bond acceptors (Lipinski definition) is 5. The molecule has 0 amide bonds. The SMILES string of the molecule is COC(=O)C1Cc2ccccc2CN1c1c(F)cc([N+](=O)[O-])cc1F. The largest absolute Gasteiger partial charge is 0.467 e. The highest BCUT2D eigenvalue weighted by atomic mass is 19.1. The molecule has 0 fully saturated rings. The van der Waals surface area contributed by atoms with Gasteiger partial charge in [0, 0.05) is 13.0 Å². The molecule has 0 aromatic heterocycles. The highest BCUT2D eigenvalue weighted by Gasteiger charge is 2.36. The van der Waals surface area contributed by atoms with Gasteiger partial charge < -0.3 is 9.64 Å². The van der Waals surface area contributed by atoms with Gasteiger partial charge in [0.2, 0.25) is 0 Å². The number of carbonyl (C=O) groups excluding carboxylic acids is 1. The van der Waals surface area contributed by atoms with Crippen molar-refractivity contribution >= 4 is 17.3 Å². The van der Waals surface area contributed by atoms with E-state index in [1.54, 1.807) is 12.1 Å². The quantitative estimate of drug-likeness (QED) is 0.484. The predicted molar refractivity (Wildman–Crippen MR) is 85.1 cm³/mol. The smallest absolute Gasteiger partial charge is 0.328 e. The third-order valence-corrected chi connectivity index (χ3v) is 4.22. The van der Waals surface area contributed by atoms with E-state index in [9.17, 15) is 23.7 Å². The minimum atomic E-state index is -1.10. The third-order valence-electron chi connectivity index (χ3n) is 4.22. The summed E-state index contributed by atoms with van der Waals surface area (Å²) in [5.74, 6) is -2.83. The average molecular weight is 348 g/mol. The monoisotopic (exact) mass is 348 g/mol. The van der Waals surface area contributed by atoms with Gasteiger partial charge in [0.05, 0.1) is 24.2 Å². The fourth-order valence-corrected chi connectivity index (χ4v) is 3.04. The summed E-state index contributed by atoms with van der Waals surface area (Å²) >= 11 is 0. The predicted octanol–water partition coefficient (Wildman–Crippen LogP) is 2.98. The topological polar surface area (TPSA) is 72.7 Å². The van der Waals surface area contributed by atoms with Gasteiger partial charge in [-0.1, -0.05) is 24.3 Å². The van der Waals surface area contributed by atoms with Crippen molar-refractivity contribution in [3.63, 3.8) is 0 Å². The Kier molecular flexibility index (Phi) is 4.35. The van der Waals surface area contributed by atoms with Crippen LogP contribution in [-0.2, 0) is 22.5 Å². The van der Waals surface area contributed by atoms with E-state index in [4.69, 9.17) is 4.74 Å². The van der Waals surface area contributed by atoms with Crippen LogP contribution in [0.2, 0.25) is 0 Å². The Morgan fingerprint density at radius 1 is 1.24 bits per heavy atom. The molecule has 25 heavy (non-hydrogen) atoms. The summed E-state index contributed by atoms with van der Waals surface area (Å²) in [6, 6.07) is 7.61. The Morgan fingerprint density at radius 2 is 1.84 bits per heavy atom. The molecule has 1 heterocycles. The molecule has 1 aliphatic heterocycles. The number of hydrogen-bond donors (Lipinski definition) is 0. The first-order valence-electron chi connectivity index (χ1n) is 7.47. The summed E-state index contributed by atoms with van der Waals surface area (Å²) in [6.07, 6.45) is 0.221. The van der Waals surface area contributed by atoms with Gasteiger partial charge >= 0.3 is 5.97 Å². The molecule has 0 bridgehead atoms. The van der Waals surface area contributed by atoms with Crippen molar-refractivity contribution in [3.8, 4) is 0 Å². The van der Waals surface area contributed by atoms with Crippen molar-refractivity contribution in [1.82, 2.24) is 0 Å². The van der Waals surface area contributed by atoms with Gasteiger partial charge in [-0.25, -0.2) is 13.6 Å². The number of esters is 1. The zero-order chi connectivity index (χ0) is 18.1. The molecule has 0 aliphatic carbocycles. The molecule has 2 aromatic carbocycles. The number of non-ortho nitro benzene ring substituents is 1. The number of fused-ring (bicyclic) bond motifs is 1. The average Bonchev–Trinajstić information content (AvgIpc) is 2.59. The molecule has 1 atom stereocenters. The van der Waals surface area contributed by atoms with Crippen LogP contribution in [0.25, 0.3) is 0 Å². The molecule has 2 aromatic rings. The summed E-state index contributed by atoms with van der Waals surface area (Å²) < 4.78 is 33.6. The molecule has 0 spiro atoms. The number of ether oxygens (including phenoxy) is 1. The maximum absolute atomic E-state index is 14.4. The minimum Gasteiger partial charge on any atom is -0.467 e. The van der Waals surface area contributed by atoms with Crippen molar-refractivity contribution in [1.29, 1.82) is 0 Å². The van der Waals surface area contributed by atoms with E-state index in [0.717, 1.165) is 11.1 Å². The van der Waals surface area contributed by atoms with Crippen LogP contribution in [0.5, 0.6) is 0 Å². The van der Waals surface area contributed by atoms with Crippen molar-refractivity contribution < 1.29 is 23.2 Å². The van der Waals surface area contributed by atoms with Crippen LogP contribution in [0.1, 0.15) is 11.1 Å². The molecule has 6 nitrogen and oxygen atoms in total. The lowest BCUT2D eigenvalue weighted by Crippen LogP contribution is -2.47. The van der Waals surface area contributed by atoms with Crippen molar-refractivity contribution in [2.24, 2.45) is 0 Å². The second-order valence-corrected chi connectivity index (χ2v) is 5.65. The lowest BCUT2D eigenvalue weighted by Gasteiger charge is -2.37.